The second-order valence-corrected chi connectivity index (χ2v) is 6.90. The largest absolute Gasteiger partial charge is 0.480 e. The number of rotatable bonds is 3. The van der Waals surface area contributed by atoms with Crippen molar-refractivity contribution in [2.45, 2.75) is 63.4 Å². The maximum absolute atomic E-state index is 12.8. The molecule has 0 aromatic heterocycles. The van der Waals surface area contributed by atoms with Crippen molar-refractivity contribution in [2.24, 2.45) is 0 Å². The molecule has 2 amide bonds. The molecule has 2 rings (SSSR count). The lowest BCUT2D eigenvalue weighted by Crippen LogP contribution is -2.54. The van der Waals surface area contributed by atoms with Crippen LogP contribution in [0.1, 0.15) is 46.0 Å². The van der Waals surface area contributed by atoms with Gasteiger partial charge < -0.3 is 10.0 Å². The van der Waals surface area contributed by atoms with E-state index in [0.717, 1.165) is 12.8 Å². The summed E-state index contributed by atoms with van der Waals surface area (Å²) in [5.41, 5.74) is 0. The smallest absolute Gasteiger partial charge is 0.327 e. The molecule has 2 unspecified atom stereocenters. The predicted molar refractivity (Wildman–Crippen MR) is 79.8 cm³/mol. The fourth-order valence-electron chi connectivity index (χ4n) is 3.21. The first kappa shape index (κ1) is 15.5. The number of amides is 2. The number of carbonyl (C=O) groups is 2. The van der Waals surface area contributed by atoms with Crippen LogP contribution in [0.2, 0.25) is 0 Å². The van der Waals surface area contributed by atoms with Crippen LogP contribution in [-0.2, 0) is 4.79 Å². The molecular weight excluding hydrogens is 276 g/mol. The monoisotopic (exact) mass is 300 g/mol. The summed E-state index contributed by atoms with van der Waals surface area (Å²) >= 11 is 1.54. The lowest BCUT2D eigenvalue weighted by molar-refractivity contribution is -0.141. The number of carbonyl (C=O) groups excluding carboxylic acids is 1. The number of aliphatic carboxylic acids is 1. The molecule has 5 nitrogen and oxygen atoms in total. The Hall–Kier alpha value is -0.910. The summed E-state index contributed by atoms with van der Waals surface area (Å²) in [5, 5.41) is 9.24. The molecule has 1 aliphatic heterocycles. The lowest BCUT2D eigenvalue weighted by Gasteiger charge is -2.38. The molecule has 114 valence electrons. The number of carboxylic acid groups (broad SMARTS) is 1. The molecule has 1 N–H and O–H groups in total. The van der Waals surface area contributed by atoms with Gasteiger partial charge in [-0.3, -0.25) is 4.90 Å². The summed E-state index contributed by atoms with van der Waals surface area (Å²) in [6.45, 7) is 4.56. The fraction of sp³-hybridized carbons (Fsp3) is 0.857. The van der Waals surface area contributed by atoms with Crippen molar-refractivity contribution >= 4 is 23.8 Å². The molecule has 0 radical (unpaired) electrons. The third-order valence-electron chi connectivity index (χ3n) is 4.33. The highest BCUT2D eigenvalue weighted by Gasteiger charge is 2.42. The summed E-state index contributed by atoms with van der Waals surface area (Å²) in [6, 6.07) is -0.488. The Morgan fingerprint density at radius 3 is 2.50 bits per heavy atom. The van der Waals surface area contributed by atoms with Gasteiger partial charge >= 0.3 is 12.0 Å². The van der Waals surface area contributed by atoms with Crippen molar-refractivity contribution in [1.29, 1.82) is 0 Å². The molecule has 2 aliphatic rings. The molecular formula is C14H24N2O3S. The van der Waals surface area contributed by atoms with Gasteiger partial charge in [0, 0.05) is 18.3 Å². The van der Waals surface area contributed by atoms with Gasteiger partial charge in [0.25, 0.3) is 0 Å². The van der Waals surface area contributed by atoms with E-state index in [1.54, 1.807) is 16.7 Å². The summed E-state index contributed by atoms with van der Waals surface area (Å²) in [6.07, 6.45) is 5.68. The molecule has 6 heteroatoms. The van der Waals surface area contributed by atoms with Gasteiger partial charge in [0.05, 0.1) is 5.37 Å². The predicted octanol–water partition coefficient (Wildman–Crippen LogP) is 2.61. The van der Waals surface area contributed by atoms with Crippen LogP contribution in [0.25, 0.3) is 0 Å². The van der Waals surface area contributed by atoms with Crippen LogP contribution >= 0.6 is 11.8 Å². The van der Waals surface area contributed by atoms with E-state index >= 15 is 0 Å². The van der Waals surface area contributed by atoms with Crippen molar-refractivity contribution in [2.75, 3.05) is 12.3 Å². The van der Waals surface area contributed by atoms with Crippen molar-refractivity contribution in [3.05, 3.63) is 0 Å². The summed E-state index contributed by atoms with van der Waals surface area (Å²) in [4.78, 5) is 27.5. The first-order chi connectivity index (χ1) is 9.56. The van der Waals surface area contributed by atoms with E-state index in [9.17, 15) is 14.7 Å². The summed E-state index contributed by atoms with van der Waals surface area (Å²) in [5.74, 6) is -0.403. The number of hydrogen-bond acceptors (Lipinski definition) is 3. The third kappa shape index (κ3) is 3.05. The molecule has 0 aromatic carbocycles. The van der Waals surface area contributed by atoms with Crippen molar-refractivity contribution in [3.8, 4) is 0 Å². The summed E-state index contributed by atoms with van der Waals surface area (Å²) in [7, 11) is 0. The molecule has 0 aromatic rings. The maximum Gasteiger partial charge on any atom is 0.327 e. The molecule has 20 heavy (non-hydrogen) atoms. The van der Waals surface area contributed by atoms with Crippen LogP contribution in [0.5, 0.6) is 0 Å². The zero-order valence-corrected chi connectivity index (χ0v) is 13.1. The lowest BCUT2D eigenvalue weighted by atomic mass is 9.94. The zero-order chi connectivity index (χ0) is 14.7. The van der Waals surface area contributed by atoms with E-state index in [-0.39, 0.29) is 17.4 Å². The Bertz CT molecular complexity index is 371. The summed E-state index contributed by atoms with van der Waals surface area (Å²) < 4.78 is 0. The van der Waals surface area contributed by atoms with Crippen LogP contribution in [0.4, 0.5) is 4.79 Å². The second kappa shape index (κ2) is 6.70. The van der Waals surface area contributed by atoms with E-state index in [0.29, 0.717) is 12.3 Å². The Morgan fingerprint density at radius 1 is 1.30 bits per heavy atom. The van der Waals surface area contributed by atoms with Crippen molar-refractivity contribution in [3.63, 3.8) is 0 Å². The minimum Gasteiger partial charge on any atom is -0.480 e. The Balaban J connectivity index is 2.11. The molecule has 1 heterocycles. The Kier molecular flexibility index (Phi) is 5.18. The van der Waals surface area contributed by atoms with E-state index in [1.165, 1.54) is 19.3 Å². The van der Waals surface area contributed by atoms with Gasteiger partial charge in [-0.25, -0.2) is 9.59 Å². The number of thioether (sulfide) groups is 1. The number of urea groups is 1. The molecule has 1 aliphatic carbocycles. The molecule has 0 spiro atoms. The number of nitrogens with zero attached hydrogens (tertiary/aromatic N) is 2. The minimum absolute atomic E-state index is 0.0544. The molecule has 1 saturated heterocycles. The van der Waals surface area contributed by atoms with Gasteiger partial charge in [0.1, 0.15) is 6.04 Å². The van der Waals surface area contributed by atoms with Crippen molar-refractivity contribution < 1.29 is 14.7 Å². The number of carboxylic acids is 1. The van der Waals surface area contributed by atoms with Gasteiger partial charge in [0.15, 0.2) is 0 Å². The Labute approximate surface area is 124 Å². The quantitative estimate of drug-likeness (QED) is 0.870. The van der Waals surface area contributed by atoms with Crippen LogP contribution in [0, 0.1) is 0 Å². The standard InChI is InChI=1S/C14H24N2O3S/c1-3-15(11-7-5-4-6-8-11)14(19)16-10(2)20-9-12(16)13(17)18/h10-12H,3-9H2,1-2H3,(H,17,18). The van der Waals surface area contributed by atoms with E-state index in [1.807, 2.05) is 18.7 Å². The van der Waals surface area contributed by atoms with Gasteiger partial charge in [-0.1, -0.05) is 19.3 Å². The highest BCUT2D eigenvalue weighted by atomic mass is 32.2. The molecule has 2 atom stereocenters. The average molecular weight is 300 g/mol. The van der Waals surface area contributed by atoms with E-state index in [2.05, 4.69) is 0 Å². The van der Waals surface area contributed by atoms with Gasteiger partial charge in [-0.2, -0.15) is 0 Å². The van der Waals surface area contributed by atoms with Crippen LogP contribution < -0.4 is 0 Å². The highest BCUT2D eigenvalue weighted by molar-refractivity contribution is 8.00. The Morgan fingerprint density at radius 2 is 1.95 bits per heavy atom. The first-order valence-corrected chi connectivity index (χ1v) is 8.54. The third-order valence-corrected chi connectivity index (χ3v) is 5.55. The van der Waals surface area contributed by atoms with E-state index in [4.69, 9.17) is 0 Å². The topological polar surface area (TPSA) is 60.9 Å². The van der Waals surface area contributed by atoms with Gasteiger partial charge in [0.2, 0.25) is 0 Å². The normalized spacial score (nSPS) is 27.6. The SMILES string of the molecule is CCN(C(=O)N1C(C)SCC1C(=O)O)C1CCCCC1. The van der Waals surface area contributed by atoms with Crippen LogP contribution in [0.15, 0.2) is 0 Å². The molecule has 0 bridgehead atoms. The number of hydrogen-bond donors (Lipinski definition) is 1. The average Bonchev–Trinajstić information content (AvgIpc) is 2.82. The highest BCUT2D eigenvalue weighted by Crippen LogP contribution is 2.31. The van der Waals surface area contributed by atoms with Crippen LogP contribution in [0.3, 0.4) is 0 Å². The van der Waals surface area contributed by atoms with Gasteiger partial charge in [-0.15, -0.1) is 11.8 Å². The minimum atomic E-state index is -0.894. The van der Waals surface area contributed by atoms with E-state index < -0.39 is 12.0 Å². The van der Waals surface area contributed by atoms with Crippen molar-refractivity contribution in [1.82, 2.24) is 9.80 Å². The zero-order valence-electron chi connectivity index (χ0n) is 12.2. The maximum atomic E-state index is 12.8. The second-order valence-electron chi connectivity index (χ2n) is 5.55. The first-order valence-electron chi connectivity index (χ1n) is 7.49. The fourth-order valence-corrected chi connectivity index (χ4v) is 4.38. The molecule has 2 fully saturated rings. The van der Waals surface area contributed by atoms with Gasteiger partial charge in [-0.05, 0) is 26.7 Å². The van der Waals surface area contributed by atoms with Crippen LogP contribution in [-0.4, -0.2) is 56.7 Å². The molecule has 1 saturated carbocycles.